The molecule has 0 aliphatic rings. The number of carbonyl (C=O) groups is 1. The Bertz CT molecular complexity index is 380. The third kappa shape index (κ3) is 4.71. The summed E-state index contributed by atoms with van der Waals surface area (Å²) >= 11 is 0. The first-order valence-electron chi connectivity index (χ1n) is 5.48. The SMILES string of the molecule is CCCC(C)(N)C(=O)Nc1cc(C)ccn1.Cl. The number of hydrogen-bond acceptors (Lipinski definition) is 3. The smallest absolute Gasteiger partial charge is 0.245 e. The first kappa shape index (κ1) is 15.9. The van der Waals surface area contributed by atoms with Crippen molar-refractivity contribution in [2.45, 2.75) is 39.2 Å². The second-order valence-corrected chi connectivity index (χ2v) is 4.34. The van der Waals surface area contributed by atoms with Gasteiger partial charge in [-0.25, -0.2) is 4.98 Å². The minimum atomic E-state index is -0.833. The van der Waals surface area contributed by atoms with Gasteiger partial charge in [-0.05, 0) is 38.0 Å². The van der Waals surface area contributed by atoms with Crippen LogP contribution in [0.15, 0.2) is 18.3 Å². The van der Waals surface area contributed by atoms with Crippen LogP contribution in [0.3, 0.4) is 0 Å². The normalized spacial score (nSPS) is 13.4. The lowest BCUT2D eigenvalue weighted by molar-refractivity contribution is -0.120. The predicted octanol–water partition coefficient (Wildman–Crippen LogP) is 2.27. The lowest BCUT2D eigenvalue weighted by Crippen LogP contribution is -2.48. The molecule has 0 aliphatic heterocycles. The van der Waals surface area contributed by atoms with E-state index in [0.29, 0.717) is 12.2 Å². The number of carbonyl (C=O) groups excluding carboxylic acids is 1. The number of halogens is 1. The van der Waals surface area contributed by atoms with Crippen LogP contribution in [0.2, 0.25) is 0 Å². The van der Waals surface area contributed by atoms with Gasteiger partial charge in [0.15, 0.2) is 0 Å². The highest BCUT2D eigenvalue weighted by molar-refractivity contribution is 5.96. The van der Waals surface area contributed by atoms with Crippen molar-refractivity contribution in [1.82, 2.24) is 4.98 Å². The van der Waals surface area contributed by atoms with Gasteiger partial charge in [-0.15, -0.1) is 12.4 Å². The van der Waals surface area contributed by atoms with Gasteiger partial charge in [0.05, 0.1) is 5.54 Å². The molecule has 1 aromatic rings. The van der Waals surface area contributed by atoms with Crippen molar-refractivity contribution in [3.05, 3.63) is 23.9 Å². The molecule has 0 bridgehead atoms. The molecule has 17 heavy (non-hydrogen) atoms. The summed E-state index contributed by atoms with van der Waals surface area (Å²) in [6.07, 6.45) is 3.20. The van der Waals surface area contributed by atoms with Gasteiger partial charge in [0.25, 0.3) is 0 Å². The van der Waals surface area contributed by atoms with E-state index in [-0.39, 0.29) is 18.3 Å². The molecule has 0 fully saturated rings. The minimum absolute atomic E-state index is 0. The predicted molar refractivity (Wildman–Crippen MR) is 72.4 cm³/mol. The number of hydrogen-bond donors (Lipinski definition) is 2. The fraction of sp³-hybridized carbons (Fsp3) is 0.500. The molecule has 0 spiro atoms. The first-order chi connectivity index (χ1) is 7.45. The zero-order valence-electron chi connectivity index (χ0n) is 10.5. The highest BCUT2D eigenvalue weighted by Gasteiger charge is 2.27. The van der Waals surface area contributed by atoms with E-state index in [1.807, 2.05) is 26.0 Å². The molecular formula is C12H20ClN3O. The van der Waals surface area contributed by atoms with Gasteiger partial charge in [-0.3, -0.25) is 4.79 Å². The molecule has 96 valence electrons. The molecule has 0 aromatic carbocycles. The van der Waals surface area contributed by atoms with E-state index in [1.54, 1.807) is 13.1 Å². The quantitative estimate of drug-likeness (QED) is 0.870. The molecule has 1 rings (SSSR count). The lowest BCUT2D eigenvalue weighted by Gasteiger charge is -2.22. The first-order valence-corrected chi connectivity index (χ1v) is 5.48. The summed E-state index contributed by atoms with van der Waals surface area (Å²) in [7, 11) is 0. The minimum Gasteiger partial charge on any atom is -0.318 e. The Morgan fingerprint density at radius 1 is 1.59 bits per heavy atom. The van der Waals surface area contributed by atoms with Crippen LogP contribution >= 0.6 is 12.4 Å². The summed E-state index contributed by atoms with van der Waals surface area (Å²) in [6, 6.07) is 3.70. The van der Waals surface area contributed by atoms with Crippen LogP contribution < -0.4 is 11.1 Å². The Morgan fingerprint density at radius 3 is 2.76 bits per heavy atom. The number of pyridine rings is 1. The van der Waals surface area contributed by atoms with Crippen LogP contribution in [0.4, 0.5) is 5.82 Å². The number of amides is 1. The molecule has 1 aromatic heterocycles. The molecule has 4 nitrogen and oxygen atoms in total. The van der Waals surface area contributed by atoms with Gasteiger partial charge in [0, 0.05) is 6.20 Å². The van der Waals surface area contributed by atoms with E-state index in [9.17, 15) is 4.79 Å². The third-order valence-electron chi connectivity index (χ3n) is 2.45. The van der Waals surface area contributed by atoms with Crippen molar-refractivity contribution < 1.29 is 4.79 Å². The summed E-state index contributed by atoms with van der Waals surface area (Å²) in [5.41, 5.74) is 6.14. The Balaban J connectivity index is 0.00000256. The maximum absolute atomic E-state index is 11.9. The van der Waals surface area contributed by atoms with Crippen molar-refractivity contribution >= 4 is 24.1 Å². The van der Waals surface area contributed by atoms with Crippen molar-refractivity contribution in [1.29, 1.82) is 0 Å². The van der Waals surface area contributed by atoms with Crippen LogP contribution in [-0.2, 0) is 4.79 Å². The van der Waals surface area contributed by atoms with Gasteiger partial charge in [0.2, 0.25) is 5.91 Å². The van der Waals surface area contributed by atoms with Crippen LogP contribution in [-0.4, -0.2) is 16.4 Å². The number of nitrogens with two attached hydrogens (primary N) is 1. The Kier molecular flexibility index (Phi) is 6.13. The summed E-state index contributed by atoms with van der Waals surface area (Å²) in [5.74, 6) is 0.366. The van der Waals surface area contributed by atoms with Gasteiger partial charge < -0.3 is 11.1 Å². The maximum Gasteiger partial charge on any atom is 0.245 e. The van der Waals surface area contributed by atoms with E-state index < -0.39 is 5.54 Å². The number of anilines is 1. The molecule has 0 saturated heterocycles. The van der Waals surface area contributed by atoms with E-state index in [4.69, 9.17) is 5.73 Å². The number of aromatic nitrogens is 1. The van der Waals surface area contributed by atoms with Gasteiger partial charge >= 0.3 is 0 Å². The van der Waals surface area contributed by atoms with Crippen LogP contribution in [0.5, 0.6) is 0 Å². The van der Waals surface area contributed by atoms with Gasteiger partial charge in [-0.2, -0.15) is 0 Å². The maximum atomic E-state index is 11.9. The van der Waals surface area contributed by atoms with E-state index in [1.165, 1.54) is 0 Å². The van der Waals surface area contributed by atoms with E-state index in [0.717, 1.165) is 12.0 Å². The van der Waals surface area contributed by atoms with Crippen LogP contribution in [0.1, 0.15) is 32.3 Å². The molecule has 1 amide bonds. The zero-order chi connectivity index (χ0) is 12.2. The van der Waals surface area contributed by atoms with Gasteiger partial charge in [0.1, 0.15) is 5.82 Å². The van der Waals surface area contributed by atoms with E-state index in [2.05, 4.69) is 10.3 Å². The molecule has 1 heterocycles. The highest BCUT2D eigenvalue weighted by atomic mass is 35.5. The average molecular weight is 258 g/mol. The van der Waals surface area contributed by atoms with Gasteiger partial charge in [-0.1, -0.05) is 13.3 Å². The molecule has 5 heteroatoms. The molecule has 3 N–H and O–H groups in total. The fourth-order valence-corrected chi connectivity index (χ4v) is 1.50. The molecule has 0 saturated carbocycles. The Hall–Kier alpha value is -1.13. The number of nitrogens with one attached hydrogen (secondary N) is 1. The van der Waals surface area contributed by atoms with E-state index >= 15 is 0 Å². The van der Waals surface area contributed by atoms with Crippen molar-refractivity contribution in [3.8, 4) is 0 Å². The largest absolute Gasteiger partial charge is 0.318 e. The second-order valence-electron chi connectivity index (χ2n) is 4.34. The number of rotatable bonds is 4. The Morgan fingerprint density at radius 2 is 2.24 bits per heavy atom. The summed E-state index contributed by atoms with van der Waals surface area (Å²) in [5, 5.41) is 2.73. The molecule has 0 radical (unpaired) electrons. The molecule has 1 unspecified atom stereocenters. The molecular weight excluding hydrogens is 238 g/mol. The summed E-state index contributed by atoms with van der Waals surface area (Å²) < 4.78 is 0. The lowest BCUT2D eigenvalue weighted by atomic mass is 9.96. The highest BCUT2D eigenvalue weighted by Crippen LogP contribution is 2.12. The van der Waals surface area contributed by atoms with Crippen molar-refractivity contribution in [2.24, 2.45) is 5.73 Å². The summed E-state index contributed by atoms with van der Waals surface area (Å²) in [6.45, 7) is 5.69. The zero-order valence-corrected chi connectivity index (χ0v) is 11.3. The Labute approximate surface area is 108 Å². The third-order valence-corrected chi connectivity index (χ3v) is 2.45. The fourth-order valence-electron chi connectivity index (χ4n) is 1.50. The van der Waals surface area contributed by atoms with Crippen LogP contribution in [0.25, 0.3) is 0 Å². The van der Waals surface area contributed by atoms with Crippen LogP contribution in [0, 0.1) is 6.92 Å². The monoisotopic (exact) mass is 257 g/mol. The molecule has 1 atom stereocenters. The van der Waals surface area contributed by atoms with Crippen molar-refractivity contribution in [2.75, 3.05) is 5.32 Å². The topological polar surface area (TPSA) is 68.0 Å². The average Bonchev–Trinajstić information content (AvgIpc) is 2.17. The van der Waals surface area contributed by atoms with Crippen molar-refractivity contribution in [3.63, 3.8) is 0 Å². The standard InChI is InChI=1S/C12H19N3O.ClH/c1-4-6-12(3,13)11(16)15-10-8-9(2)5-7-14-10;/h5,7-8H,4,6,13H2,1-3H3,(H,14,15,16);1H. The summed E-state index contributed by atoms with van der Waals surface area (Å²) in [4.78, 5) is 15.9. The number of nitrogens with zero attached hydrogens (tertiary/aromatic N) is 1. The molecule has 0 aliphatic carbocycles. The second kappa shape index (κ2) is 6.57. The number of aryl methyl sites for hydroxylation is 1.